The molecule has 2 aromatic carbocycles. The molecular weight excluding hydrogens is 345 g/mol. The SMILES string of the molecule is CC[C@@H](Oc1ccccc1F)C(=O)NCCCc1cccc(OC(C)C)c1. The number of benzene rings is 2. The highest BCUT2D eigenvalue weighted by molar-refractivity contribution is 5.81. The van der Waals surface area contributed by atoms with Crippen molar-refractivity contribution in [2.24, 2.45) is 0 Å². The Hall–Kier alpha value is -2.56. The molecule has 1 atom stereocenters. The second-order valence-corrected chi connectivity index (χ2v) is 6.65. The van der Waals surface area contributed by atoms with Crippen LogP contribution in [0.2, 0.25) is 0 Å². The van der Waals surface area contributed by atoms with Gasteiger partial charge in [-0.3, -0.25) is 4.79 Å². The highest BCUT2D eigenvalue weighted by atomic mass is 19.1. The summed E-state index contributed by atoms with van der Waals surface area (Å²) in [7, 11) is 0. The Kier molecular flexibility index (Phi) is 8.11. The number of para-hydroxylation sites is 1. The average molecular weight is 373 g/mol. The van der Waals surface area contributed by atoms with Crippen molar-refractivity contribution in [3.63, 3.8) is 0 Å². The van der Waals surface area contributed by atoms with Crippen LogP contribution in [0, 0.1) is 5.82 Å². The molecule has 1 N–H and O–H groups in total. The number of amides is 1. The maximum atomic E-state index is 13.7. The average Bonchev–Trinajstić information content (AvgIpc) is 2.64. The summed E-state index contributed by atoms with van der Waals surface area (Å²) in [5, 5.41) is 2.87. The first-order chi connectivity index (χ1) is 13.0. The van der Waals surface area contributed by atoms with Crippen molar-refractivity contribution in [3.8, 4) is 11.5 Å². The lowest BCUT2D eigenvalue weighted by Gasteiger charge is -2.17. The van der Waals surface area contributed by atoms with Crippen LogP contribution in [0.4, 0.5) is 4.39 Å². The molecule has 2 rings (SSSR count). The van der Waals surface area contributed by atoms with E-state index < -0.39 is 11.9 Å². The summed E-state index contributed by atoms with van der Waals surface area (Å²) >= 11 is 0. The van der Waals surface area contributed by atoms with Crippen molar-refractivity contribution in [2.75, 3.05) is 6.54 Å². The first kappa shape index (κ1) is 20.7. The summed E-state index contributed by atoms with van der Waals surface area (Å²) in [6, 6.07) is 14.1. The second-order valence-electron chi connectivity index (χ2n) is 6.65. The predicted octanol–water partition coefficient (Wildman–Crippen LogP) is 4.52. The Labute approximate surface area is 160 Å². The largest absolute Gasteiger partial charge is 0.491 e. The fraction of sp³-hybridized carbons (Fsp3) is 0.409. The maximum Gasteiger partial charge on any atom is 0.261 e. The van der Waals surface area contributed by atoms with Gasteiger partial charge >= 0.3 is 0 Å². The van der Waals surface area contributed by atoms with Crippen LogP contribution in [0.1, 0.15) is 39.2 Å². The van der Waals surface area contributed by atoms with E-state index in [-0.39, 0.29) is 17.8 Å². The standard InChI is InChI=1S/C22H28FNO3/c1-4-20(27-21-13-6-5-12-19(21)23)22(25)24-14-8-10-17-9-7-11-18(15-17)26-16(2)3/h5-7,9,11-13,15-16,20H,4,8,10,14H2,1-3H3,(H,24,25)/t20-/m1/s1. The number of carbonyl (C=O) groups excluding carboxylic acids is 1. The van der Waals surface area contributed by atoms with Crippen LogP contribution in [-0.2, 0) is 11.2 Å². The Morgan fingerprint density at radius 2 is 1.89 bits per heavy atom. The summed E-state index contributed by atoms with van der Waals surface area (Å²) in [5.74, 6) is 0.266. The Balaban J connectivity index is 1.78. The topological polar surface area (TPSA) is 47.6 Å². The summed E-state index contributed by atoms with van der Waals surface area (Å²) in [6.45, 7) is 6.36. The number of ether oxygens (including phenoxy) is 2. The third-order valence-corrected chi connectivity index (χ3v) is 3.98. The zero-order valence-corrected chi connectivity index (χ0v) is 16.2. The van der Waals surface area contributed by atoms with Crippen LogP contribution in [0.5, 0.6) is 11.5 Å². The van der Waals surface area contributed by atoms with Crippen molar-refractivity contribution < 1.29 is 18.7 Å². The van der Waals surface area contributed by atoms with E-state index in [9.17, 15) is 9.18 Å². The van der Waals surface area contributed by atoms with Crippen LogP contribution >= 0.6 is 0 Å². The van der Waals surface area contributed by atoms with Crippen molar-refractivity contribution in [1.29, 1.82) is 0 Å². The van der Waals surface area contributed by atoms with E-state index in [0.717, 1.165) is 24.2 Å². The Bertz CT molecular complexity index is 733. The summed E-state index contributed by atoms with van der Waals surface area (Å²) in [5.41, 5.74) is 1.16. The van der Waals surface area contributed by atoms with E-state index in [1.165, 1.54) is 12.1 Å². The van der Waals surface area contributed by atoms with Gasteiger partial charge in [0.05, 0.1) is 6.10 Å². The molecule has 0 aromatic heterocycles. The molecule has 4 nitrogen and oxygen atoms in total. The molecule has 0 aliphatic carbocycles. The third-order valence-electron chi connectivity index (χ3n) is 3.98. The molecule has 0 spiro atoms. The van der Waals surface area contributed by atoms with Crippen LogP contribution < -0.4 is 14.8 Å². The molecule has 0 radical (unpaired) electrons. The van der Waals surface area contributed by atoms with Crippen molar-refractivity contribution in [1.82, 2.24) is 5.32 Å². The number of hydrogen-bond donors (Lipinski definition) is 1. The molecule has 0 saturated carbocycles. The highest BCUT2D eigenvalue weighted by Crippen LogP contribution is 2.18. The van der Waals surface area contributed by atoms with Crippen LogP contribution in [-0.4, -0.2) is 24.7 Å². The molecule has 2 aromatic rings. The number of rotatable bonds is 10. The van der Waals surface area contributed by atoms with Gasteiger partial charge in [0.1, 0.15) is 5.75 Å². The molecular formula is C22H28FNO3. The first-order valence-corrected chi connectivity index (χ1v) is 9.44. The van der Waals surface area contributed by atoms with E-state index >= 15 is 0 Å². The van der Waals surface area contributed by atoms with Gasteiger partial charge in [0.15, 0.2) is 17.7 Å². The summed E-state index contributed by atoms with van der Waals surface area (Å²) in [6.07, 6.45) is 1.53. The minimum atomic E-state index is -0.704. The van der Waals surface area contributed by atoms with Gasteiger partial charge in [-0.15, -0.1) is 0 Å². The van der Waals surface area contributed by atoms with Gasteiger partial charge in [-0.1, -0.05) is 31.2 Å². The normalized spacial score (nSPS) is 11.9. The highest BCUT2D eigenvalue weighted by Gasteiger charge is 2.19. The third kappa shape index (κ3) is 6.93. The fourth-order valence-corrected chi connectivity index (χ4v) is 2.68. The van der Waals surface area contributed by atoms with Gasteiger partial charge in [-0.25, -0.2) is 4.39 Å². The lowest BCUT2D eigenvalue weighted by atomic mass is 10.1. The lowest BCUT2D eigenvalue weighted by molar-refractivity contribution is -0.128. The zero-order valence-electron chi connectivity index (χ0n) is 16.2. The monoisotopic (exact) mass is 373 g/mol. The van der Waals surface area contributed by atoms with Crippen molar-refractivity contribution >= 4 is 5.91 Å². The predicted molar refractivity (Wildman–Crippen MR) is 105 cm³/mol. The number of hydrogen-bond acceptors (Lipinski definition) is 3. The van der Waals surface area contributed by atoms with Crippen LogP contribution in [0.3, 0.4) is 0 Å². The summed E-state index contributed by atoms with van der Waals surface area (Å²) < 4.78 is 24.9. The van der Waals surface area contributed by atoms with Crippen LogP contribution in [0.25, 0.3) is 0 Å². The van der Waals surface area contributed by atoms with E-state index in [2.05, 4.69) is 5.32 Å². The summed E-state index contributed by atoms with van der Waals surface area (Å²) in [4.78, 5) is 12.3. The van der Waals surface area contributed by atoms with Crippen LogP contribution in [0.15, 0.2) is 48.5 Å². The number of halogens is 1. The number of aryl methyl sites for hydroxylation is 1. The van der Waals surface area contributed by atoms with Crippen molar-refractivity contribution in [2.45, 2.75) is 52.2 Å². The van der Waals surface area contributed by atoms with Gasteiger partial charge in [0.25, 0.3) is 5.91 Å². The molecule has 0 unspecified atom stereocenters. The van der Waals surface area contributed by atoms with Gasteiger partial charge in [-0.2, -0.15) is 0 Å². The fourth-order valence-electron chi connectivity index (χ4n) is 2.68. The number of carbonyl (C=O) groups is 1. The first-order valence-electron chi connectivity index (χ1n) is 9.44. The number of nitrogens with one attached hydrogen (secondary N) is 1. The smallest absolute Gasteiger partial charge is 0.261 e. The van der Waals surface area contributed by atoms with E-state index in [1.54, 1.807) is 12.1 Å². The van der Waals surface area contributed by atoms with E-state index in [4.69, 9.17) is 9.47 Å². The zero-order chi connectivity index (χ0) is 19.6. The van der Waals surface area contributed by atoms with Gasteiger partial charge in [0.2, 0.25) is 0 Å². The molecule has 0 heterocycles. The maximum absolute atomic E-state index is 13.7. The molecule has 27 heavy (non-hydrogen) atoms. The minimum Gasteiger partial charge on any atom is -0.491 e. The molecule has 146 valence electrons. The van der Waals surface area contributed by atoms with Crippen molar-refractivity contribution in [3.05, 3.63) is 59.9 Å². The molecule has 0 fully saturated rings. The van der Waals surface area contributed by atoms with Gasteiger partial charge < -0.3 is 14.8 Å². The minimum absolute atomic E-state index is 0.0986. The molecule has 5 heteroatoms. The quantitative estimate of drug-likeness (QED) is 0.623. The van der Waals surface area contributed by atoms with Gasteiger partial charge in [0, 0.05) is 6.54 Å². The molecule has 0 aliphatic heterocycles. The molecule has 1 amide bonds. The Morgan fingerprint density at radius 3 is 2.59 bits per heavy atom. The van der Waals surface area contributed by atoms with E-state index in [0.29, 0.717) is 13.0 Å². The second kappa shape index (κ2) is 10.6. The molecule has 0 aliphatic rings. The van der Waals surface area contributed by atoms with E-state index in [1.807, 2.05) is 45.0 Å². The van der Waals surface area contributed by atoms with Gasteiger partial charge in [-0.05, 0) is 62.9 Å². The Morgan fingerprint density at radius 1 is 1.11 bits per heavy atom. The lowest BCUT2D eigenvalue weighted by Crippen LogP contribution is -2.38. The molecule has 0 saturated heterocycles. The molecule has 0 bridgehead atoms.